The van der Waals surface area contributed by atoms with E-state index in [2.05, 4.69) is 0 Å². The fourth-order valence-electron chi connectivity index (χ4n) is 0.857. The van der Waals surface area contributed by atoms with Crippen LogP contribution in [0.5, 0.6) is 0 Å². The standard InChI is InChI=1S/C6H7FO2/c7-5-2-1-4(3-5)6(8)9/h3,5H,1-2H2,(H,8,9). The normalized spacial score (nSPS) is 25.9. The summed E-state index contributed by atoms with van der Waals surface area (Å²) in [7, 11) is 0. The van der Waals surface area contributed by atoms with Crippen molar-refractivity contribution in [3.63, 3.8) is 0 Å². The fraction of sp³-hybridized carbons (Fsp3) is 0.500. The van der Waals surface area contributed by atoms with Crippen LogP contribution in [-0.4, -0.2) is 17.2 Å². The van der Waals surface area contributed by atoms with Crippen LogP contribution in [0, 0.1) is 0 Å². The van der Waals surface area contributed by atoms with E-state index in [1.54, 1.807) is 0 Å². The molecule has 1 atom stereocenters. The fourth-order valence-corrected chi connectivity index (χ4v) is 0.857. The van der Waals surface area contributed by atoms with Crippen molar-refractivity contribution in [2.45, 2.75) is 19.0 Å². The lowest BCUT2D eigenvalue weighted by Crippen LogP contribution is -1.95. The van der Waals surface area contributed by atoms with Gasteiger partial charge in [-0.3, -0.25) is 0 Å². The highest BCUT2D eigenvalue weighted by Gasteiger charge is 2.18. The molecule has 0 aromatic carbocycles. The van der Waals surface area contributed by atoms with E-state index in [1.165, 1.54) is 6.08 Å². The van der Waals surface area contributed by atoms with Gasteiger partial charge in [0.1, 0.15) is 6.17 Å². The number of carboxylic acid groups (broad SMARTS) is 1. The summed E-state index contributed by atoms with van der Waals surface area (Å²) in [4.78, 5) is 10.1. The van der Waals surface area contributed by atoms with Crippen LogP contribution >= 0.6 is 0 Å². The van der Waals surface area contributed by atoms with E-state index in [0.29, 0.717) is 12.8 Å². The van der Waals surface area contributed by atoms with Crippen molar-refractivity contribution in [1.82, 2.24) is 0 Å². The molecule has 0 spiro atoms. The van der Waals surface area contributed by atoms with Gasteiger partial charge in [-0.1, -0.05) is 0 Å². The molecule has 0 aromatic rings. The van der Waals surface area contributed by atoms with Crippen LogP contribution in [0.15, 0.2) is 11.6 Å². The molecule has 1 rings (SSSR count). The molecule has 1 aliphatic rings. The summed E-state index contributed by atoms with van der Waals surface area (Å²) in [5.74, 6) is -0.991. The molecule has 2 nitrogen and oxygen atoms in total. The van der Waals surface area contributed by atoms with E-state index in [9.17, 15) is 9.18 Å². The van der Waals surface area contributed by atoms with Gasteiger partial charge in [-0.05, 0) is 18.9 Å². The SMILES string of the molecule is O=C(O)C1=CC(F)CC1. The number of alkyl halides is 1. The highest BCUT2D eigenvalue weighted by atomic mass is 19.1. The number of halogens is 1. The minimum atomic E-state index is -1.03. The van der Waals surface area contributed by atoms with Gasteiger partial charge in [0.05, 0.1) is 0 Å². The van der Waals surface area contributed by atoms with Crippen molar-refractivity contribution in [3.05, 3.63) is 11.6 Å². The van der Waals surface area contributed by atoms with Gasteiger partial charge in [-0.15, -0.1) is 0 Å². The average Bonchev–Trinajstić information content (AvgIpc) is 2.14. The number of carbonyl (C=O) groups is 1. The predicted molar refractivity (Wildman–Crippen MR) is 29.8 cm³/mol. The minimum Gasteiger partial charge on any atom is -0.478 e. The molecule has 0 aliphatic heterocycles. The van der Waals surface area contributed by atoms with Crippen molar-refractivity contribution in [2.75, 3.05) is 0 Å². The third-order valence-electron chi connectivity index (χ3n) is 1.35. The van der Waals surface area contributed by atoms with Crippen LogP contribution in [-0.2, 0) is 4.79 Å². The Labute approximate surface area is 52.0 Å². The molecule has 0 saturated heterocycles. The zero-order chi connectivity index (χ0) is 6.85. The number of rotatable bonds is 1. The minimum absolute atomic E-state index is 0.211. The van der Waals surface area contributed by atoms with Gasteiger partial charge in [-0.2, -0.15) is 0 Å². The molecule has 0 heterocycles. The van der Waals surface area contributed by atoms with Crippen LogP contribution in [0.1, 0.15) is 12.8 Å². The Bertz CT molecular complexity index is 162. The summed E-state index contributed by atoms with van der Waals surface area (Å²) in [6.07, 6.45) is 0.844. The van der Waals surface area contributed by atoms with E-state index in [0.717, 1.165) is 0 Å². The largest absolute Gasteiger partial charge is 0.478 e. The molecule has 0 radical (unpaired) electrons. The van der Waals surface area contributed by atoms with Crippen molar-refractivity contribution >= 4 is 5.97 Å². The van der Waals surface area contributed by atoms with Crippen LogP contribution in [0.25, 0.3) is 0 Å². The van der Waals surface area contributed by atoms with Crippen LogP contribution in [0.2, 0.25) is 0 Å². The molecule has 1 aliphatic carbocycles. The van der Waals surface area contributed by atoms with E-state index in [4.69, 9.17) is 5.11 Å². The zero-order valence-electron chi connectivity index (χ0n) is 4.80. The molecule has 0 saturated carbocycles. The lowest BCUT2D eigenvalue weighted by atomic mass is 10.2. The molecule has 50 valence electrons. The van der Waals surface area contributed by atoms with Gasteiger partial charge in [0.2, 0.25) is 0 Å². The van der Waals surface area contributed by atoms with E-state index in [1.807, 2.05) is 0 Å². The highest BCUT2D eigenvalue weighted by molar-refractivity contribution is 5.87. The van der Waals surface area contributed by atoms with Crippen LogP contribution in [0.3, 0.4) is 0 Å². The maximum absolute atomic E-state index is 12.2. The smallest absolute Gasteiger partial charge is 0.331 e. The van der Waals surface area contributed by atoms with Gasteiger partial charge in [0, 0.05) is 5.57 Å². The van der Waals surface area contributed by atoms with Crippen molar-refractivity contribution in [2.24, 2.45) is 0 Å². The van der Waals surface area contributed by atoms with E-state index in [-0.39, 0.29) is 5.57 Å². The molecular formula is C6H7FO2. The molecule has 0 bridgehead atoms. The Balaban J connectivity index is 2.62. The number of hydrogen-bond acceptors (Lipinski definition) is 1. The Hall–Kier alpha value is -0.860. The molecule has 9 heavy (non-hydrogen) atoms. The van der Waals surface area contributed by atoms with E-state index < -0.39 is 12.1 Å². The summed E-state index contributed by atoms with van der Waals surface area (Å²) in [5, 5.41) is 8.30. The average molecular weight is 130 g/mol. The molecular weight excluding hydrogens is 123 g/mol. The topological polar surface area (TPSA) is 37.3 Å². The maximum Gasteiger partial charge on any atom is 0.331 e. The van der Waals surface area contributed by atoms with Gasteiger partial charge < -0.3 is 5.11 Å². The van der Waals surface area contributed by atoms with Crippen molar-refractivity contribution in [1.29, 1.82) is 0 Å². The molecule has 1 unspecified atom stereocenters. The van der Waals surface area contributed by atoms with Crippen LogP contribution in [0.4, 0.5) is 4.39 Å². The third-order valence-corrected chi connectivity index (χ3v) is 1.35. The lowest BCUT2D eigenvalue weighted by Gasteiger charge is -1.87. The highest BCUT2D eigenvalue weighted by Crippen LogP contribution is 2.20. The Morgan fingerprint density at radius 1 is 1.89 bits per heavy atom. The van der Waals surface area contributed by atoms with Crippen molar-refractivity contribution < 1.29 is 14.3 Å². The quantitative estimate of drug-likeness (QED) is 0.577. The second kappa shape index (κ2) is 2.17. The Morgan fingerprint density at radius 3 is 2.78 bits per heavy atom. The van der Waals surface area contributed by atoms with Gasteiger partial charge in [0.25, 0.3) is 0 Å². The Morgan fingerprint density at radius 2 is 2.56 bits per heavy atom. The van der Waals surface area contributed by atoms with Crippen molar-refractivity contribution in [3.8, 4) is 0 Å². The number of carboxylic acids is 1. The summed E-state index contributed by atoms with van der Waals surface area (Å²) in [5.41, 5.74) is 0.211. The summed E-state index contributed by atoms with van der Waals surface area (Å²) >= 11 is 0. The first-order valence-electron chi connectivity index (χ1n) is 2.78. The number of allylic oxidation sites excluding steroid dienone is 1. The second-order valence-electron chi connectivity index (χ2n) is 2.05. The first-order chi connectivity index (χ1) is 4.20. The third kappa shape index (κ3) is 1.28. The maximum atomic E-state index is 12.2. The lowest BCUT2D eigenvalue weighted by molar-refractivity contribution is -0.132. The first kappa shape index (κ1) is 6.26. The van der Waals surface area contributed by atoms with Gasteiger partial charge in [-0.25, -0.2) is 9.18 Å². The molecule has 3 heteroatoms. The zero-order valence-corrected chi connectivity index (χ0v) is 4.80. The van der Waals surface area contributed by atoms with Gasteiger partial charge >= 0.3 is 5.97 Å². The number of aliphatic carboxylic acids is 1. The summed E-state index contributed by atoms with van der Waals surface area (Å²) in [6.45, 7) is 0. The molecule has 0 aromatic heterocycles. The molecule has 0 fully saturated rings. The summed E-state index contributed by atoms with van der Waals surface area (Å²) in [6, 6.07) is 0. The van der Waals surface area contributed by atoms with Crippen LogP contribution < -0.4 is 0 Å². The van der Waals surface area contributed by atoms with Gasteiger partial charge in [0.15, 0.2) is 0 Å². The summed E-state index contributed by atoms with van der Waals surface area (Å²) < 4.78 is 12.2. The number of hydrogen-bond donors (Lipinski definition) is 1. The first-order valence-corrected chi connectivity index (χ1v) is 2.78. The molecule has 0 amide bonds. The van der Waals surface area contributed by atoms with E-state index >= 15 is 0 Å². The predicted octanol–water partition coefficient (Wildman–Crippen LogP) is 1.13. The molecule has 1 N–H and O–H groups in total. The monoisotopic (exact) mass is 130 g/mol. The Kier molecular flexibility index (Phi) is 1.51. The second-order valence-corrected chi connectivity index (χ2v) is 2.05.